The number of carbonyl (C=O) groups is 2. The van der Waals surface area contributed by atoms with Crippen LogP contribution in [0, 0.1) is 11.3 Å². The number of aryl methyl sites for hydroxylation is 1. The summed E-state index contributed by atoms with van der Waals surface area (Å²) in [6.45, 7) is 8.77. The molecule has 5 nitrogen and oxygen atoms in total. The largest absolute Gasteiger partial charge is 0.393 e. The maximum Gasteiger partial charge on any atom is 0.227 e. The van der Waals surface area contributed by atoms with Crippen molar-refractivity contribution in [2.24, 2.45) is 11.3 Å². The quantitative estimate of drug-likeness (QED) is 0.797. The van der Waals surface area contributed by atoms with Gasteiger partial charge in [-0.3, -0.25) is 9.59 Å². The first-order valence-corrected chi connectivity index (χ1v) is 9.07. The lowest BCUT2D eigenvalue weighted by Crippen LogP contribution is -2.39. The number of hydrogen-bond donors (Lipinski definition) is 2. The van der Waals surface area contributed by atoms with Crippen LogP contribution in [0.5, 0.6) is 0 Å². The van der Waals surface area contributed by atoms with Crippen LogP contribution in [-0.4, -0.2) is 36.1 Å². The van der Waals surface area contributed by atoms with Crippen molar-refractivity contribution in [3.05, 3.63) is 29.8 Å². The summed E-state index contributed by atoms with van der Waals surface area (Å²) in [6, 6.07) is 7.86. The standard InChI is InChI=1S/C20H30N2O3/c1-5-15-8-6-7-9-17(15)22-12-16(10-18(22)24)19(25)21-13-20(3,4)11-14(2)23/h6-9,14,16,23H,5,10-13H2,1-4H3,(H,21,25). The van der Waals surface area contributed by atoms with E-state index in [2.05, 4.69) is 12.2 Å². The topological polar surface area (TPSA) is 69.6 Å². The summed E-state index contributed by atoms with van der Waals surface area (Å²) >= 11 is 0. The average molecular weight is 346 g/mol. The molecule has 0 spiro atoms. The second-order valence-electron chi connectivity index (χ2n) is 7.82. The zero-order valence-corrected chi connectivity index (χ0v) is 15.7. The van der Waals surface area contributed by atoms with Crippen LogP contribution in [0.4, 0.5) is 5.69 Å². The van der Waals surface area contributed by atoms with Gasteiger partial charge in [-0.1, -0.05) is 39.0 Å². The molecule has 0 aliphatic carbocycles. The number of amides is 2. The first-order valence-electron chi connectivity index (χ1n) is 9.07. The van der Waals surface area contributed by atoms with Gasteiger partial charge in [-0.25, -0.2) is 0 Å². The molecule has 2 amide bonds. The molecule has 0 aromatic heterocycles. The molecule has 2 unspecified atom stereocenters. The highest BCUT2D eigenvalue weighted by molar-refractivity contribution is 6.00. The van der Waals surface area contributed by atoms with Gasteiger partial charge in [-0.2, -0.15) is 0 Å². The summed E-state index contributed by atoms with van der Waals surface area (Å²) in [5.74, 6) is -0.396. The van der Waals surface area contributed by atoms with Gasteiger partial charge in [0, 0.05) is 25.2 Å². The summed E-state index contributed by atoms with van der Waals surface area (Å²) in [5.41, 5.74) is 1.86. The van der Waals surface area contributed by atoms with Gasteiger partial charge in [0.05, 0.1) is 12.0 Å². The van der Waals surface area contributed by atoms with Gasteiger partial charge >= 0.3 is 0 Å². The first kappa shape index (κ1) is 19.4. The predicted octanol–water partition coefficient (Wildman–Crippen LogP) is 2.52. The van der Waals surface area contributed by atoms with Gasteiger partial charge in [0.1, 0.15) is 0 Å². The molecule has 2 rings (SSSR count). The minimum absolute atomic E-state index is 0.00397. The maximum absolute atomic E-state index is 12.5. The number of nitrogens with one attached hydrogen (secondary N) is 1. The molecule has 0 bridgehead atoms. The van der Waals surface area contributed by atoms with Gasteiger partial charge < -0.3 is 15.3 Å². The van der Waals surface area contributed by atoms with Crippen LogP contribution in [-0.2, 0) is 16.0 Å². The van der Waals surface area contributed by atoms with Crippen molar-refractivity contribution >= 4 is 17.5 Å². The Bertz CT molecular complexity index is 625. The lowest BCUT2D eigenvalue weighted by molar-refractivity contribution is -0.126. The van der Waals surface area contributed by atoms with E-state index in [1.807, 2.05) is 38.1 Å². The Labute approximate surface area is 150 Å². The molecule has 138 valence electrons. The van der Waals surface area contributed by atoms with Crippen molar-refractivity contribution < 1.29 is 14.7 Å². The van der Waals surface area contributed by atoms with Gasteiger partial charge in [-0.15, -0.1) is 0 Å². The molecule has 1 fully saturated rings. The van der Waals surface area contributed by atoms with Crippen LogP contribution in [0.15, 0.2) is 24.3 Å². The van der Waals surface area contributed by atoms with Gasteiger partial charge in [0.15, 0.2) is 0 Å². The summed E-state index contributed by atoms with van der Waals surface area (Å²) in [7, 11) is 0. The number of hydrogen-bond acceptors (Lipinski definition) is 3. The van der Waals surface area contributed by atoms with E-state index in [0.717, 1.165) is 17.7 Å². The van der Waals surface area contributed by atoms with Crippen molar-refractivity contribution in [1.82, 2.24) is 5.32 Å². The highest BCUT2D eigenvalue weighted by Gasteiger charge is 2.36. The Morgan fingerprint density at radius 3 is 2.72 bits per heavy atom. The van der Waals surface area contributed by atoms with E-state index in [-0.39, 0.29) is 29.6 Å². The molecule has 1 aliphatic heterocycles. The molecule has 2 atom stereocenters. The zero-order valence-electron chi connectivity index (χ0n) is 15.7. The smallest absolute Gasteiger partial charge is 0.227 e. The minimum atomic E-state index is -0.402. The molecule has 1 aliphatic rings. The van der Waals surface area contributed by atoms with Gasteiger partial charge in [-0.05, 0) is 36.8 Å². The normalized spacial score (nSPS) is 19.2. The molecule has 1 saturated heterocycles. The van der Waals surface area contributed by atoms with Crippen LogP contribution in [0.2, 0.25) is 0 Å². The highest BCUT2D eigenvalue weighted by Crippen LogP contribution is 2.29. The lowest BCUT2D eigenvalue weighted by atomic mass is 9.87. The second-order valence-corrected chi connectivity index (χ2v) is 7.82. The van der Waals surface area contributed by atoms with Crippen LogP contribution in [0.1, 0.15) is 46.1 Å². The Morgan fingerprint density at radius 2 is 2.08 bits per heavy atom. The van der Waals surface area contributed by atoms with Crippen molar-refractivity contribution in [2.75, 3.05) is 18.0 Å². The SMILES string of the molecule is CCc1ccccc1N1CC(C(=O)NCC(C)(C)CC(C)O)CC1=O. The van der Waals surface area contributed by atoms with E-state index in [1.54, 1.807) is 11.8 Å². The number of anilines is 1. The summed E-state index contributed by atoms with van der Waals surface area (Å²) in [5, 5.41) is 12.5. The number of rotatable bonds is 7. The zero-order chi connectivity index (χ0) is 18.6. The summed E-state index contributed by atoms with van der Waals surface area (Å²) in [6.07, 6.45) is 1.32. The van der Waals surface area contributed by atoms with Crippen molar-refractivity contribution in [2.45, 2.75) is 53.1 Å². The van der Waals surface area contributed by atoms with E-state index in [4.69, 9.17) is 0 Å². The first-order chi connectivity index (χ1) is 11.7. The molecule has 25 heavy (non-hydrogen) atoms. The van der Waals surface area contributed by atoms with Crippen molar-refractivity contribution in [3.8, 4) is 0 Å². The third kappa shape index (κ3) is 5.05. The maximum atomic E-state index is 12.5. The molecule has 5 heteroatoms. The fraction of sp³-hybridized carbons (Fsp3) is 0.600. The number of para-hydroxylation sites is 1. The monoisotopic (exact) mass is 346 g/mol. The van der Waals surface area contributed by atoms with Crippen LogP contribution >= 0.6 is 0 Å². The van der Waals surface area contributed by atoms with E-state index >= 15 is 0 Å². The Morgan fingerprint density at radius 1 is 1.40 bits per heavy atom. The Hall–Kier alpha value is -1.88. The van der Waals surface area contributed by atoms with E-state index < -0.39 is 6.10 Å². The molecule has 0 radical (unpaired) electrons. The minimum Gasteiger partial charge on any atom is -0.393 e. The van der Waals surface area contributed by atoms with Gasteiger partial charge in [0.25, 0.3) is 0 Å². The molecule has 1 aromatic carbocycles. The second kappa shape index (κ2) is 8.00. The number of aliphatic hydroxyl groups is 1. The number of aliphatic hydroxyl groups excluding tert-OH is 1. The average Bonchev–Trinajstić information content (AvgIpc) is 2.93. The molecule has 1 aromatic rings. The molecular weight excluding hydrogens is 316 g/mol. The number of benzene rings is 1. The predicted molar refractivity (Wildman–Crippen MR) is 99.4 cm³/mol. The summed E-state index contributed by atoms with van der Waals surface area (Å²) in [4.78, 5) is 26.7. The van der Waals surface area contributed by atoms with Crippen LogP contribution in [0.3, 0.4) is 0 Å². The fourth-order valence-electron chi connectivity index (χ4n) is 3.53. The molecule has 2 N–H and O–H groups in total. The van der Waals surface area contributed by atoms with Crippen LogP contribution < -0.4 is 10.2 Å². The van der Waals surface area contributed by atoms with E-state index in [0.29, 0.717) is 19.5 Å². The summed E-state index contributed by atoms with van der Waals surface area (Å²) < 4.78 is 0. The van der Waals surface area contributed by atoms with Crippen molar-refractivity contribution in [3.63, 3.8) is 0 Å². The Kier molecular flexibility index (Phi) is 6.22. The number of carbonyl (C=O) groups excluding carboxylic acids is 2. The Balaban J connectivity index is 1.99. The van der Waals surface area contributed by atoms with Crippen molar-refractivity contribution in [1.29, 1.82) is 0 Å². The fourth-order valence-corrected chi connectivity index (χ4v) is 3.53. The third-order valence-corrected chi connectivity index (χ3v) is 4.75. The molecule has 1 heterocycles. The molecule has 0 saturated carbocycles. The number of nitrogens with zero attached hydrogens (tertiary/aromatic N) is 1. The lowest BCUT2D eigenvalue weighted by Gasteiger charge is -2.27. The third-order valence-electron chi connectivity index (χ3n) is 4.75. The highest BCUT2D eigenvalue weighted by atomic mass is 16.3. The molecular formula is C20H30N2O3. The van der Waals surface area contributed by atoms with Crippen LogP contribution in [0.25, 0.3) is 0 Å². The van der Waals surface area contributed by atoms with Gasteiger partial charge in [0.2, 0.25) is 11.8 Å². The van der Waals surface area contributed by atoms with E-state index in [9.17, 15) is 14.7 Å². The van der Waals surface area contributed by atoms with E-state index in [1.165, 1.54) is 0 Å².